The number of nitrogens with zero attached hydrogens (tertiary/aromatic N) is 1. The van der Waals surface area contributed by atoms with E-state index in [4.69, 9.17) is 5.11 Å². The van der Waals surface area contributed by atoms with Crippen LogP contribution in [0.15, 0.2) is 12.2 Å². The molecule has 0 aromatic rings. The van der Waals surface area contributed by atoms with Gasteiger partial charge in [0.1, 0.15) is 0 Å². The molecule has 0 bridgehead atoms. The minimum Gasteiger partial charge on any atom is -0.478 e. The van der Waals surface area contributed by atoms with E-state index in [1.807, 2.05) is 0 Å². The fourth-order valence-corrected chi connectivity index (χ4v) is 3.17. The van der Waals surface area contributed by atoms with E-state index >= 15 is 0 Å². The van der Waals surface area contributed by atoms with Gasteiger partial charge in [0.2, 0.25) is 0 Å². The van der Waals surface area contributed by atoms with E-state index in [9.17, 15) is 4.79 Å². The quantitative estimate of drug-likeness (QED) is 0.215. The van der Waals surface area contributed by atoms with Gasteiger partial charge in [0, 0.05) is 5.57 Å². The highest BCUT2D eigenvalue weighted by Crippen LogP contribution is 2.14. The van der Waals surface area contributed by atoms with Crippen LogP contribution in [0.5, 0.6) is 0 Å². The van der Waals surface area contributed by atoms with Gasteiger partial charge in [0.25, 0.3) is 0 Å². The van der Waals surface area contributed by atoms with Gasteiger partial charge in [0.15, 0.2) is 0 Å². The van der Waals surface area contributed by atoms with Gasteiger partial charge in [-0.05, 0) is 39.9 Å². The summed E-state index contributed by atoms with van der Waals surface area (Å²) in [5, 5.41) is 8.72. The van der Waals surface area contributed by atoms with Crippen molar-refractivity contribution >= 4 is 5.97 Å². The maximum atomic E-state index is 10.6. The van der Waals surface area contributed by atoms with Crippen molar-refractivity contribution in [1.29, 1.82) is 0 Å². The van der Waals surface area contributed by atoms with Crippen molar-refractivity contribution in [3.8, 4) is 0 Å². The molecule has 0 fully saturated rings. The Morgan fingerprint density at radius 2 is 1.00 bits per heavy atom. The molecule has 0 radical (unpaired) electrons. The zero-order valence-electron chi connectivity index (χ0n) is 17.0. The van der Waals surface area contributed by atoms with Crippen LogP contribution in [-0.2, 0) is 4.79 Å². The first-order chi connectivity index (χ1) is 12.0. The fraction of sp³-hybridized carbons (Fsp3) is 0.864. The molecule has 0 aliphatic heterocycles. The summed E-state index contributed by atoms with van der Waals surface area (Å²) < 4.78 is 0. The van der Waals surface area contributed by atoms with Crippen LogP contribution in [0.25, 0.3) is 0 Å². The van der Waals surface area contributed by atoms with Crippen LogP contribution in [0.1, 0.15) is 103 Å². The second-order valence-electron chi connectivity index (χ2n) is 7.77. The Balaban J connectivity index is 3.07. The highest BCUT2D eigenvalue weighted by Gasteiger charge is 2.02. The van der Waals surface area contributed by atoms with E-state index in [0.29, 0.717) is 12.0 Å². The summed E-state index contributed by atoms with van der Waals surface area (Å²) in [5.41, 5.74) is 0.355. The van der Waals surface area contributed by atoms with Crippen molar-refractivity contribution < 1.29 is 9.90 Å². The number of aliphatic carboxylic acids is 1. The van der Waals surface area contributed by atoms with Gasteiger partial charge in [0.05, 0.1) is 0 Å². The number of unbranched alkanes of at least 4 members (excludes halogenated alkanes) is 14. The lowest BCUT2D eigenvalue weighted by molar-refractivity contribution is -0.132. The monoisotopic (exact) mass is 353 g/mol. The van der Waals surface area contributed by atoms with Crippen LogP contribution in [0, 0.1) is 0 Å². The predicted molar refractivity (Wildman–Crippen MR) is 109 cm³/mol. The molecule has 0 aliphatic carbocycles. The Morgan fingerprint density at radius 3 is 1.32 bits per heavy atom. The van der Waals surface area contributed by atoms with Crippen LogP contribution in [-0.4, -0.2) is 36.6 Å². The highest BCUT2D eigenvalue weighted by molar-refractivity contribution is 5.85. The summed E-state index contributed by atoms with van der Waals surface area (Å²) in [6, 6.07) is 0. The molecule has 0 unspecified atom stereocenters. The topological polar surface area (TPSA) is 40.5 Å². The number of carboxylic acid groups (broad SMARTS) is 1. The largest absolute Gasteiger partial charge is 0.478 e. The zero-order chi connectivity index (χ0) is 18.8. The first kappa shape index (κ1) is 24.2. The standard InChI is InChI=1S/C22H43NO2/c1-21(22(24)25)19-17-15-13-11-9-7-5-4-6-8-10-12-14-16-18-20-23(2)3/h1,4-20H2,2-3H3,(H,24,25). The third-order valence-corrected chi connectivity index (χ3v) is 4.89. The van der Waals surface area contributed by atoms with Crippen LogP contribution in [0.4, 0.5) is 0 Å². The molecule has 0 saturated carbocycles. The Morgan fingerprint density at radius 1 is 0.680 bits per heavy atom. The van der Waals surface area contributed by atoms with E-state index < -0.39 is 5.97 Å². The summed E-state index contributed by atoms with van der Waals surface area (Å²) >= 11 is 0. The minimum absolute atomic E-state index is 0.355. The molecule has 0 aromatic carbocycles. The SMILES string of the molecule is C=C(CCCCCCCCCCCCCCCCCN(C)C)C(=O)O. The lowest BCUT2D eigenvalue weighted by Crippen LogP contribution is -2.12. The van der Waals surface area contributed by atoms with E-state index in [2.05, 4.69) is 25.6 Å². The van der Waals surface area contributed by atoms with Crippen molar-refractivity contribution in [2.24, 2.45) is 0 Å². The van der Waals surface area contributed by atoms with Gasteiger partial charge in [-0.25, -0.2) is 4.79 Å². The van der Waals surface area contributed by atoms with Gasteiger partial charge in [-0.3, -0.25) is 0 Å². The van der Waals surface area contributed by atoms with Crippen molar-refractivity contribution in [2.75, 3.05) is 20.6 Å². The summed E-state index contributed by atoms with van der Waals surface area (Å²) in [6.45, 7) is 4.80. The average molecular weight is 354 g/mol. The van der Waals surface area contributed by atoms with Gasteiger partial charge in [-0.1, -0.05) is 90.0 Å². The fourth-order valence-electron chi connectivity index (χ4n) is 3.17. The number of carboxylic acids is 1. The Kier molecular flexibility index (Phi) is 17.4. The third-order valence-electron chi connectivity index (χ3n) is 4.89. The van der Waals surface area contributed by atoms with Gasteiger partial charge in [-0.2, -0.15) is 0 Å². The molecule has 1 N–H and O–H groups in total. The van der Waals surface area contributed by atoms with E-state index in [0.717, 1.165) is 12.8 Å². The first-order valence-electron chi connectivity index (χ1n) is 10.6. The number of hydrogen-bond donors (Lipinski definition) is 1. The van der Waals surface area contributed by atoms with Gasteiger partial charge < -0.3 is 10.0 Å². The van der Waals surface area contributed by atoms with Crippen molar-refractivity contribution in [3.63, 3.8) is 0 Å². The Labute approximate surface area is 156 Å². The molecule has 0 aliphatic rings. The minimum atomic E-state index is -0.843. The molecular formula is C22H43NO2. The highest BCUT2D eigenvalue weighted by atomic mass is 16.4. The number of hydrogen-bond acceptors (Lipinski definition) is 2. The number of rotatable bonds is 19. The summed E-state index contributed by atoms with van der Waals surface area (Å²) in [7, 11) is 4.31. The van der Waals surface area contributed by atoms with Crippen molar-refractivity contribution in [1.82, 2.24) is 4.90 Å². The second kappa shape index (κ2) is 18.0. The van der Waals surface area contributed by atoms with Crippen molar-refractivity contribution in [2.45, 2.75) is 103 Å². The molecule has 0 heterocycles. The average Bonchev–Trinajstić information content (AvgIpc) is 2.57. The molecule has 0 atom stereocenters. The molecule has 0 aromatic heterocycles. The van der Waals surface area contributed by atoms with E-state index in [1.165, 1.54) is 90.0 Å². The Bertz CT molecular complexity index is 326. The zero-order valence-corrected chi connectivity index (χ0v) is 17.0. The third kappa shape index (κ3) is 19.3. The molecule has 3 heteroatoms. The Hall–Kier alpha value is -0.830. The van der Waals surface area contributed by atoms with Crippen LogP contribution >= 0.6 is 0 Å². The predicted octanol–water partition coefficient (Wildman–Crippen LogP) is 6.43. The molecule has 0 amide bonds. The van der Waals surface area contributed by atoms with Crippen LogP contribution in [0.2, 0.25) is 0 Å². The molecule has 25 heavy (non-hydrogen) atoms. The molecule has 3 nitrogen and oxygen atoms in total. The molecular weight excluding hydrogens is 310 g/mol. The lowest BCUT2D eigenvalue weighted by Gasteiger charge is -2.08. The summed E-state index contributed by atoms with van der Waals surface area (Å²) in [5.74, 6) is -0.843. The number of carbonyl (C=O) groups is 1. The normalized spacial score (nSPS) is 11.2. The van der Waals surface area contributed by atoms with E-state index in [1.54, 1.807) is 0 Å². The second-order valence-corrected chi connectivity index (χ2v) is 7.77. The first-order valence-corrected chi connectivity index (χ1v) is 10.6. The van der Waals surface area contributed by atoms with Gasteiger partial charge in [-0.15, -0.1) is 0 Å². The maximum absolute atomic E-state index is 10.6. The molecule has 0 saturated heterocycles. The smallest absolute Gasteiger partial charge is 0.330 e. The van der Waals surface area contributed by atoms with Crippen LogP contribution in [0.3, 0.4) is 0 Å². The molecule has 0 rings (SSSR count). The molecule has 0 spiro atoms. The lowest BCUT2D eigenvalue weighted by atomic mass is 10.0. The van der Waals surface area contributed by atoms with Crippen molar-refractivity contribution in [3.05, 3.63) is 12.2 Å². The summed E-state index contributed by atoms with van der Waals surface area (Å²) in [6.07, 6.45) is 20.6. The summed E-state index contributed by atoms with van der Waals surface area (Å²) in [4.78, 5) is 12.9. The van der Waals surface area contributed by atoms with Crippen LogP contribution < -0.4 is 0 Å². The van der Waals surface area contributed by atoms with E-state index in [-0.39, 0.29) is 0 Å². The van der Waals surface area contributed by atoms with Gasteiger partial charge >= 0.3 is 5.97 Å². The maximum Gasteiger partial charge on any atom is 0.330 e. The molecule has 148 valence electrons.